The molecule has 1 atom stereocenters. The standard InChI is InChI=1S/C59H39N7O/c67-55(40-16-14-39(15-17-40)38-8-2-1-3-9-38)43-22-28-49-50-29-23-44(35-54(50)59(53(49)34-43)51-12-6-4-10-47(51)48-11-5-7-13-52(48)59)58-63-56(41-18-24-45(25-19-41)65-32-30-60-36-65)62-57(64-58)42-20-26-46(27-21-42)66-33-31-61-37-66/h1-14,16-37,39H,15H2. The lowest BCUT2D eigenvalue weighted by atomic mass is 9.70. The molecule has 3 heterocycles. The van der Waals surface area contributed by atoms with E-state index in [2.05, 4.69) is 125 Å². The third-order valence-corrected chi connectivity index (χ3v) is 13.7. The Morgan fingerprint density at radius 2 is 1.01 bits per heavy atom. The number of Topliss-reactive ketones (excluding diaryl/α,β-unsaturated/α-hetero) is 1. The van der Waals surface area contributed by atoms with Gasteiger partial charge in [0.2, 0.25) is 0 Å². The molecule has 3 aliphatic rings. The van der Waals surface area contributed by atoms with Gasteiger partial charge in [-0.25, -0.2) is 24.9 Å². The highest BCUT2D eigenvalue weighted by atomic mass is 16.1. The molecule has 0 saturated carbocycles. The van der Waals surface area contributed by atoms with Crippen LogP contribution < -0.4 is 0 Å². The molecule has 0 saturated heterocycles. The topological polar surface area (TPSA) is 91.4 Å². The fourth-order valence-electron chi connectivity index (χ4n) is 10.5. The van der Waals surface area contributed by atoms with Crippen LogP contribution in [-0.4, -0.2) is 39.8 Å². The quantitative estimate of drug-likeness (QED) is 0.141. The van der Waals surface area contributed by atoms with Gasteiger partial charge in [-0.2, -0.15) is 0 Å². The first-order chi connectivity index (χ1) is 33.1. The first kappa shape index (κ1) is 38.6. The second kappa shape index (κ2) is 15.4. The normalized spacial score (nSPS) is 14.9. The Morgan fingerprint density at radius 1 is 0.507 bits per heavy atom. The average molecular weight is 862 g/mol. The van der Waals surface area contributed by atoms with E-state index in [1.807, 2.05) is 88.3 Å². The summed E-state index contributed by atoms with van der Waals surface area (Å²) in [5.41, 5.74) is 15.7. The summed E-state index contributed by atoms with van der Waals surface area (Å²) in [7, 11) is 0. The van der Waals surface area contributed by atoms with Crippen molar-refractivity contribution < 1.29 is 4.79 Å². The molecule has 10 aromatic rings. The van der Waals surface area contributed by atoms with Crippen LogP contribution in [-0.2, 0) is 5.41 Å². The minimum atomic E-state index is -0.704. The van der Waals surface area contributed by atoms with E-state index < -0.39 is 5.41 Å². The first-order valence-electron chi connectivity index (χ1n) is 22.5. The van der Waals surface area contributed by atoms with Gasteiger partial charge in [0.1, 0.15) is 0 Å². The zero-order valence-electron chi connectivity index (χ0n) is 36.1. The number of aromatic nitrogens is 7. The maximum Gasteiger partial charge on any atom is 0.192 e. The van der Waals surface area contributed by atoms with Gasteiger partial charge in [-0.3, -0.25) is 4.79 Å². The Kier molecular flexibility index (Phi) is 8.86. The highest BCUT2D eigenvalue weighted by molar-refractivity contribution is 6.11. The predicted molar refractivity (Wildman–Crippen MR) is 262 cm³/mol. The van der Waals surface area contributed by atoms with Crippen LogP contribution in [0.2, 0.25) is 0 Å². The van der Waals surface area contributed by atoms with Crippen molar-refractivity contribution in [1.82, 2.24) is 34.1 Å². The molecular weight excluding hydrogens is 823 g/mol. The summed E-state index contributed by atoms with van der Waals surface area (Å²) in [6.07, 6.45) is 18.0. The predicted octanol–water partition coefficient (Wildman–Crippen LogP) is 12.4. The van der Waals surface area contributed by atoms with Crippen molar-refractivity contribution in [2.75, 3.05) is 0 Å². The molecule has 0 aliphatic heterocycles. The highest BCUT2D eigenvalue weighted by Gasteiger charge is 2.52. The largest absolute Gasteiger partial charge is 0.306 e. The fraction of sp³-hybridized carbons (Fsp3) is 0.0508. The van der Waals surface area contributed by atoms with Crippen LogP contribution in [0.5, 0.6) is 0 Å². The number of rotatable bonds is 8. The first-order valence-corrected chi connectivity index (χ1v) is 22.5. The van der Waals surface area contributed by atoms with E-state index in [1.165, 1.54) is 27.8 Å². The summed E-state index contributed by atoms with van der Waals surface area (Å²) < 4.78 is 3.94. The van der Waals surface area contributed by atoms with E-state index in [1.54, 1.807) is 25.0 Å². The maximum atomic E-state index is 14.6. The van der Waals surface area contributed by atoms with Crippen LogP contribution >= 0.6 is 0 Å². The van der Waals surface area contributed by atoms with Crippen molar-refractivity contribution >= 4 is 5.78 Å². The van der Waals surface area contributed by atoms with E-state index in [-0.39, 0.29) is 11.7 Å². The lowest BCUT2D eigenvalue weighted by molar-refractivity contribution is 0.103. The van der Waals surface area contributed by atoms with Crippen molar-refractivity contribution in [3.8, 4) is 67.8 Å². The van der Waals surface area contributed by atoms with Gasteiger partial charge in [-0.1, -0.05) is 121 Å². The smallest absolute Gasteiger partial charge is 0.192 e. The molecule has 0 bridgehead atoms. The summed E-state index contributed by atoms with van der Waals surface area (Å²) in [6.45, 7) is 0. The third kappa shape index (κ3) is 6.21. The van der Waals surface area contributed by atoms with E-state index in [0.717, 1.165) is 62.3 Å². The Bertz CT molecular complexity index is 3470. The number of benzene rings is 7. The SMILES string of the molecule is O=C(C1=CCC(c2ccccc2)C=C1)c1ccc2c(c1)C1(c3ccccc3-c3ccccc31)c1cc(-c3nc(-c4ccc(-n5ccnc5)cc4)nc(-c4ccc(-n5ccnc5)cc4)n3)ccc1-2. The Morgan fingerprint density at radius 3 is 1.57 bits per heavy atom. The molecule has 3 aliphatic carbocycles. The number of imidazole rings is 2. The summed E-state index contributed by atoms with van der Waals surface area (Å²) >= 11 is 0. The maximum absolute atomic E-state index is 14.6. The van der Waals surface area contributed by atoms with Gasteiger partial charge in [0, 0.05) is 69.9 Å². The van der Waals surface area contributed by atoms with E-state index in [4.69, 9.17) is 15.0 Å². The summed E-state index contributed by atoms with van der Waals surface area (Å²) in [5, 5.41) is 0. The molecule has 8 nitrogen and oxygen atoms in total. The van der Waals surface area contributed by atoms with Crippen LogP contribution in [0.25, 0.3) is 67.8 Å². The van der Waals surface area contributed by atoms with Gasteiger partial charge in [-0.05, 0) is 117 Å². The number of hydrogen-bond donors (Lipinski definition) is 0. The average Bonchev–Trinajstić information content (AvgIpc) is 4.24. The molecule has 7 aromatic carbocycles. The number of ketones is 1. The van der Waals surface area contributed by atoms with Crippen LogP contribution in [0, 0.1) is 0 Å². The molecule has 13 rings (SSSR count). The van der Waals surface area contributed by atoms with E-state index >= 15 is 0 Å². The summed E-state index contributed by atoms with van der Waals surface area (Å²) in [6, 6.07) is 57.2. The highest BCUT2D eigenvalue weighted by Crippen LogP contribution is 2.63. The molecule has 0 amide bonds. The molecule has 1 unspecified atom stereocenters. The number of fused-ring (bicyclic) bond motifs is 10. The third-order valence-electron chi connectivity index (χ3n) is 13.7. The van der Waals surface area contributed by atoms with Crippen molar-refractivity contribution in [2.24, 2.45) is 0 Å². The summed E-state index contributed by atoms with van der Waals surface area (Å²) in [5.74, 6) is 1.96. The van der Waals surface area contributed by atoms with E-state index in [9.17, 15) is 4.79 Å². The van der Waals surface area contributed by atoms with Crippen LogP contribution in [0.4, 0.5) is 0 Å². The van der Waals surface area contributed by atoms with Crippen LogP contribution in [0.3, 0.4) is 0 Å². The molecule has 3 aromatic heterocycles. The van der Waals surface area contributed by atoms with Crippen molar-refractivity contribution in [1.29, 1.82) is 0 Å². The van der Waals surface area contributed by atoms with Gasteiger partial charge in [0.25, 0.3) is 0 Å². The fourth-order valence-corrected chi connectivity index (χ4v) is 10.5. The van der Waals surface area contributed by atoms with Gasteiger partial charge >= 0.3 is 0 Å². The zero-order chi connectivity index (χ0) is 44.5. The molecule has 67 heavy (non-hydrogen) atoms. The van der Waals surface area contributed by atoms with Gasteiger partial charge in [0.15, 0.2) is 23.3 Å². The zero-order valence-corrected chi connectivity index (χ0v) is 36.1. The Labute approximate surface area is 387 Å². The number of allylic oxidation sites excluding steroid dienone is 4. The molecule has 0 fully saturated rings. The van der Waals surface area contributed by atoms with Crippen molar-refractivity contribution in [2.45, 2.75) is 17.8 Å². The van der Waals surface area contributed by atoms with E-state index in [0.29, 0.717) is 23.0 Å². The van der Waals surface area contributed by atoms with Crippen LogP contribution in [0.15, 0.2) is 225 Å². The second-order valence-electron chi connectivity index (χ2n) is 17.3. The van der Waals surface area contributed by atoms with Crippen molar-refractivity contribution in [3.05, 3.63) is 258 Å². The van der Waals surface area contributed by atoms with Gasteiger partial charge in [0.05, 0.1) is 18.1 Å². The number of nitrogens with zero attached hydrogens (tertiary/aromatic N) is 7. The Balaban J connectivity index is 0.958. The number of carbonyl (C=O) groups excluding carboxylic acids is 1. The molecular formula is C59H39N7O. The van der Waals surface area contributed by atoms with Crippen LogP contribution in [0.1, 0.15) is 50.5 Å². The number of hydrogen-bond acceptors (Lipinski definition) is 6. The lowest BCUT2D eigenvalue weighted by Gasteiger charge is -2.31. The molecule has 0 radical (unpaired) electrons. The Hall–Kier alpha value is -8.88. The minimum Gasteiger partial charge on any atom is -0.306 e. The lowest BCUT2D eigenvalue weighted by Crippen LogP contribution is -2.26. The minimum absolute atomic E-state index is 0.0262. The molecule has 1 spiro atoms. The molecule has 8 heteroatoms. The number of carbonyl (C=O) groups is 1. The van der Waals surface area contributed by atoms with Gasteiger partial charge < -0.3 is 9.13 Å². The molecule has 0 N–H and O–H groups in total. The monoisotopic (exact) mass is 861 g/mol. The van der Waals surface area contributed by atoms with Gasteiger partial charge in [-0.15, -0.1) is 0 Å². The second-order valence-corrected chi connectivity index (χ2v) is 17.3. The van der Waals surface area contributed by atoms with Crippen molar-refractivity contribution in [3.63, 3.8) is 0 Å². The summed E-state index contributed by atoms with van der Waals surface area (Å²) in [4.78, 5) is 38.6. The molecule has 316 valence electrons.